The first-order chi connectivity index (χ1) is 10.7. The van der Waals surface area contributed by atoms with Crippen molar-refractivity contribution in [2.75, 3.05) is 39.0 Å². The summed E-state index contributed by atoms with van der Waals surface area (Å²) in [7, 11) is 2.07. The van der Waals surface area contributed by atoms with Crippen molar-refractivity contribution in [2.45, 2.75) is 5.22 Å². The molecule has 3 rings (SSSR count). The molecule has 2 heterocycles. The zero-order valence-corrected chi connectivity index (χ0v) is 13.3. The molecule has 116 valence electrons. The zero-order valence-electron chi connectivity index (χ0n) is 12.4. The molecule has 0 radical (unpaired) electrons. The standard InChI is InChI=1S/C15H18N4O2S/c1-18-7-9-19(10-8-18)13(20)11-22-15-17-16-14(21-15)12-5-3-2-4-6-12/h2-6H,7-11H2,1H3. The van der Waals surface area contributed by atoms with Crippen LogP contribution < -0.4 is 0 Å². The summed E-state index contributed by atoms with van der Waals surface area (Å²) < 4.78 is 5.59. The van der Waals surface area contributed by atoms with Crippen LogP contribution in [0.1, 0.15) is 0 Å². The van der Waals surface area contributed by atoms with Crippen LogP contribution in [0, 0.1) is 0 Å². The molecule has 0 unspecified atom stereocenters. The molecule has 0 aliphatic carbocycles. The Morgan fingerprint density at radius 2 is 1.91 bits per heavy atom. The normalized spacial score (nSPS) is 16.0. The van der Waals surface area contributed by atoms with Gasteiger partial charge in [-0.05, 0) is 19.2 Å². The highest BCUT2D eigenvalue weighted by atomic mass is 32.2. The summed E-state index contributed by atoms with van der Waals surface area (Å²) in [6, 6.07) is 9.60. The minimum absolute atomic E-state index is 0.123. The van der Waals surface area contributed by atoms with Gasteiger partial charge in [-0.2, -0.15) is 0 Å². The third-order valence-electron chi connectivity index (χ3n) is 3.60. The molecule has 2 aromatic rings. The Bertz CT molecular complexity index is 623. The van der Waals surface area contributed by atoms with Gasteiger partial charge in [0.1, 0.15) is 0 Å². The first-order valence-corrected chi connectivity index (χ1v) is 8.19. The van der Waals surface area contributed by atoms with Gasteiger partial charge in [0.25, 0.3) is 5.22 Å². The smallest absolute Gasteiger partial charge is 0.277 e. The van der Waals surface area contributed by atoms with Gasteiger partial charge < -0.3 is 14.2 Å². The van der Waals surface area contributed by atoms with Crippen LogP contribution in [0.15, 0.2) is 40.0 Å². The lowest BCUT2D eigenvalue weighted by molar-refractivity contribution is -0.129. The average Bonchev–Trinajstić information content (AvgIpc) is 3.03. The molecular formula is C15H18N4O2S. The van der Waals surface area contributed by atoms with E-state index in [-0.39, 0.29) is 5.91 Å². The van der Waals surface area contributed by atoms with Gasteiger partial charge in [0.15, 0.2) is 0 Å². The molecule has 0 spiro atoms. The summed E-state index contributed by atoms with van der Waals surface area (Å²) in [5, 5.41) is 8.44. The summed E-state index contributed by atoms with van der Waals surface area (Å²) in [4.78, 5) is 16.3. The second-order valence-electron chi connectivity index (χ2n) is 5.21. The lowest BCUT2D eigenvalue weighted by atomic mass is 10.2. The molecule has 6 nitrogen and oxygen atoms in total. The minimum Gasteiger partial charge on any atom is -0.411 e. The number of likely N-dealkylation sites (N-methyl/N-ethyl adjacent to an activating group) is 1. The number of carbonyl (C=O) groups is 1. The van der Waals surface area contributed by atoms with Crippen molar-refractivity contribution in [3.8, 4) is 11.5 Å². The van der Waals surface area contributed by atoms with E-state index < -0.39 is 0 Å². The molecule has 1 aliphatic heterocycles. The Hall–Kier alpha value is -1.86. The van der Waals surface area contributed by atoms with Crippen LogP contribution in [0.3, 0.4) is 0 Å². The van der Waals surface area contributed by atoms with Gasteiger partial charge in [-0.1, -0.05) is 30.0 Å². The van der Waals surface area contributed by atoms with E-state index in [1.807, 2.05) is 35.2 Å². The maximum atomic E-state index is 12.2. The fourth-order valence-electron chi connectivity index (χ4n) is 2.24. The summed E-state index contributed by atoms with van der Waals surface area (Å²) in [6.45, 7) is 3.42. The first kappa shape index (κ1) is 15.1. The Morgan fingerprint density at radius 3 is 2.64 bits per heavy atom. The number of amides is 1. The van der Waals surface area contributed by atoms with E-state index in [0.29, 0.717) is 16.9 Å². The van der Waals surface area contributed by atoms with Gasteiger partial charge in [0.05, 0.1) is 5.75 Å². The molecule has 0 saturated carbocycles. The molecule has 1 fully saturated rings. The molecule has 7 heteroatoms. The SMILES string of the molecule is CN1CCN(C(=O)CSc2nnc(-c3ccccc3)o2)CC1. The third kappa shape index (κ3) is 3.66. The van der Waals surface area contributed by atoms with Crippen molar-refractivity contribution < 1.29 is 9.21 Å². The lowest BCUT2D eigenvalue weighted by Gasteiger charge is -2.32. The fourth-order valence-corrected chi connectivity index (χ4v) is 2.90. The molecular weight excluding hydrogens is 300 g/mol. The number of rotatable bonds is 4. The monoisotopic (exact) mass is 318 g/mol. The summed E-state index contributed by atoms with van der Waals surface area (Å²) in [5.74, 6) is 0.938. The van der Waals surface area contributed by atoms with Crippen LogP contribution in [0.4, 0.5) is 0 Å². The van der Waals surface area contributed by atoms with Gasteiger partial charge in [0.2, 0.25) is 11.8 Å². The van der Waals surface area contributed by atoms with E-state index in [1.165, 1.54) is 11.8 Å². The highest BCUT2D eigenvalue weighted by molar-refractivity contribution is 7.99. The van der Waals surface area contributed by atoms with Crippen molar-refractivity contribution in [2.24, 2.45) is 0 Å². The number of benzene rings is 1. The molecule has 0 N–H and O–H groups in total. The summed E-state index contributed by atoms with van der Waals surface area (Å²) >= 11 is 1.29. The van der Waals surface area contributed by atoms with Crippen molar-refractivity contribution in [1.29, 1.82) is 0 Å². The van der Waals surface area contributed by atoms with E-state index in [1.54, 1.807) is 0 Å². The van der Waals surface area contributed by atoms with Crippen molar-refractivity contribution in [3.63, 3.8) is 0 Å². The Labute approximate surface area is 133 Å². The molecule has 1 amide bonds. The van der Waals surface area contributed by atoms with E-state index in [2.05, 4.69) is 22.1 Å². The summed E-state index contributed by atoms with van der Waals surface area (Å²) in [5.41, 5.74) is 0.882. The van der Waals surface area contributed by atoms with E-state index in [4.69, 9.17) is 4.42 Å². The van der Waals surface area contributed by atoms with Crippen molar-refractivity contribution in [3.05, 3.63) is 30.3 Å². The molecule has 1 aliphatic rings. The fraction of sp³-hybridized carbons (Fsp3) is 0.400. The number of hydrogen-bond donors (Lipinski definition) is 0. The van der Waals surface area contributed by atoms with Crippen LogP contribution in [-0.2, 0) is 4.79 Å². The maximum Gasteiger partial charge on any atom is 0.277 e. The predicted octanol–water partition coefficient (Wildman–Crippen LogP) is 1.60. The summed E-state index contributed by atoms with van der Waals surface area (Å²) in [6.07, 6.45) is 0. The molecule has 1 saturated heterocycles. The van der Waals surface area contributed by atoms with Crippen LogP contribution >= 0.6 is 11.8 Å². The number of piperazine rings is 1. The van der Waals surface area contributed by atoms with Gasteiger partial charge in [0, 0.05) is 31.7 Å². The number of carbonyl (C=O) groups excluding carboxylic acids is 1. The highest BCUT2D eigenvalue weighted by Gasteiger charge is 2.20. The van der Waals surface area contributed by atoms with Crippen LogP contribution in [0.25, 0.3) is 11.5 Å². The van der Waals surface area contributed by atoms with Crippen molar-refractivity contribution in [1.82, 2.24) is 20.0 Å². The van der Waals surface area contributed by atoms with Gasteiger partial charge in [-0.25, -0.2) is 0 Å². The molecule has 22 heavy (non-hydrogen) atoms. The van der Waals surface area contributed by atoms with Gasteiger partial charge in [-0.3, -0.25) is 4.79 Å². The number of nitrogens with zero attached hydrogens (tertiary/aromatic N) is 4. The lowest BCUT2D eigenvalue weighted by Crippen LogP contribution is -2.47. The number of thioether (sulfide) groups is 1. The molecule has 0 atom stereocenters. The Balaban J connectivity index is 1.54. The first-order valence-electron chi connectivity index (χ1n) is 7.20. The second kappa shape index (κ2) is 6.93. The largest absolute Gasteiger partial charge is 0.411 e. The van der Waals surface area contributed by atoms with Crippen molar-refractivity contribution >= 4 is 17.7 Å². The zero-order chi connectivity index (χ0) is 15.4. The minimum atomic E-state index is 0.123. The average molecular weight is 318 g/mol. The topological polar surface area (TPSA) is 62.5 Å². The maximum absolute atomic E-state index is 12.2. The molecule has 0 bridgehead atoms. The van der Waals surface area contributed by atoms with Crippen LogP contribution in [-0.4, -0.2) is 64.9 Å². The predicted molar refractivity (Wildman–Crippen MR) is 84.5 cm³/mol. The van der Waals surface area contributed by atoms with E-state index in [9.17, 15) is 4.79 Å². The van der Waals surface area contributed by atoms with Crippen LogP contribution in [0.2, 0.25) is 0 Å². The quantitative estimate of drug-likeness (QED) is 0.798. The highest BCUT2D eigenvalue weighted by Crippen LogP contribution is 2.23. The Morgan fingerprint density at radius 1 is 1.18 bits per heavy atom. The van der Waals surface area contributed by atoms with Crippen LogP contribution in [0.5, 0.6) is 0 Å². The van der Waals surface area contributed by atoms with E-state index >= 15 is 0 Å². The second-order valence-corrected chi connectivity index (χ2v) is 6.14. The van der Waals surface area contributed by atoms with Gasteiger partial charge >= 0.3 is 0 Å². The number of aromatic nitrogens is 2. The molecule has 1 aromatic carbocycles. The third-order valence-corrected chi connectivity index (χ3v) is 4.41. The number of hydrogen-bond acceptors (Lipinski definition) is 6. The Kier molecular flexibility index (Phi) is 4.74. The molecule has 1 aromatic heterocycles. The van der Waals surface area contributed by atoms with E-state index in [0.717, 1.165) is 31.7 Å². The van der Waals surface area contributed by atoms with Gasteiger partial charge in [-0.15, -0.1) is 10.2 Å².